The lowest BCUT2D eigenvalue weighted by Crippen LogP contribution is -2.31. The summed E-state index contributed by atoms with van der Waals surface area (Å²) in [6.07, 6.45) is 1.18. The van der Waals surface area contributed by atoms with E-state index in [0.29, 0.717) is 25.0 Å². The van der Waals surface area contributed by atoms with Crippen molar-refractivity contribution < 1.29 is 28.6 Å². The van der Waals surface area contributed by atoms with Crippen molar-refractivity contribution >= 4 is 17.4 Å². The minimum atomic E-state index is -1.01. The van der Waals surface area contributed by atoms with Crippen molar-refractivity contribution in [2.24, 2.45) is 0 Å². The predicted octanol–water partition coefficient (Wildman–Crippen LogP) is 3.61. The molecule has 1 fully saturated rings. The summed E-state index contributed by atoms with van der Waals surface area (Å²) in [4.78, 5) is 27.1. The second kappa shape index (κ2) is 8.51. The van der Waals surface area contributed by atoms with E-state index in [-0.39, 0.29) is 29.5 Å². The van der Waals surface area contributed by atoms with Gasteiger partial charge in [-0.05, 0) is 43.2 Å². The molecule has 2 aromatic rings. The summed E-state index contributed by atoms with van der Waals surface area (Å²) in [6, 6.07) is 10.1. The van der Waals surface area contributed by atoms with Crippen LogP contribution in [0.25, 0.3) is 5.76 Å². The van der Waals surface area contributed by atoms with Crippen LogP contribution in [0.15, 0.2) is 48.0 Å². The van der Waals surface area contributed by atoms with Crippen LogP contribution in [0.2, 0.25) is 0 Å². The Bertz CT molecular complexity index is 1060. The molecular formula is C24H24FNO5. The molecule has 162 valence electrons. The van der Waals surface area contributed by atoms with Crippen LogP contribution in [0.4, 0.5) is 4.39 Å². The van der Waals surface area contributed by atoms with E-state index in [1.54, 1.807) is 31.4 Å². The van der Waals surface area contributed by atoms with Gasteiger partial charge in [-0.1, -0.05) is 18.2 Å². The smallest absolute Gasteiger partial charge is 0.295 e. The van der Waals surface area contributed by atoms with Crippen LogP contribution in [-0.2, 0) is 20.7 Å². The lowest BCUT2D eigenvalue weighted by molar-refractivity contribution is -0.140. The molecule has 0 aromatic heterocycles. The number of amides is 1. The molecule has 1 N–H and O–H groups in total. The Morgan fingerprint density at radius 3 is 2.77 bits per heavy atom. The highest BCUT2D eigenvalue weighted by atomic mass is 19.1. The fourth-order valence-corrected chi connectivity index (χ4v) is 4.23. The molecule has 0 spiro atoms. The molecule has 1 amide bonds. The van der Waals surface area contributed by atoms with Crippen LogP contribution >= 0.6 is 0 Å². The highest BCUT2D eigenvalue weighted by Gasteiger charge is 2.46. The molecule has 0 bridgehead atoms. The van der Waals surface area contributed by atoms with Gasteiger partial charge in [-0.25, -0.2) is 4.39 Å². The molecule has 0 radical (unpaired) electrons. The molecule has 2 aliphatic rings. The number of likely N-dealkylation sites (tertiary alicyclic amines) is 1. The third kappa shape index (κ3) is 3.81. The highest BCUT2D eigenvalue weighted by molar-refractivity contribution is 6.46. The van der Waals surface area contributed by atoms with Crippen molar-refractivity contribution in [3.05, 3.63) is 70.5 Å². The molecule has 0 aliphatic carbocycles. The molecule has 2 aliphatic heterocycles. The van der Waals surface area contributed by atoms with E-state index in [0.717, 1.165) is 11.3 Å². The number of hydrogen-bond donors (Lipinski definition) is 1. The lowest BCUT2D eigenvalue weighted by atomic mass is 9.94. The number of fused-ring (bicyclic) bond motifs is 1. The first-order chi connectivity index (χ1) is 14.9. The summed E-state index contributed by atoms with van der Waals surface area (Å²) in [5, 5.41) is 11.1. The zero-order valence-corrected chi connectivity index (χ0v) is 17.4. The number of nitrogens with zero attached hydrogens (tertiary/aromatic N) is 1. The molecule has 0 unspecified atom stereocenters. The summed E-state index contributed by atoms with van der Waals surface area (Å²) in [6.45, 7) is 2.53. The normalized spacial score (nSPS) is 22.0. The van der Waals surface area contributed by atoms with Crippen LogP contribution in [0.3, 0.4) is 0 Å². The van der Waals surface area contributed by atoms with E-state index >= 15 is 0 Å². The van der Waals surface area contributed by atoms with Gasteiger partial charge in [0.05, 0.1) is 11.6 Å². The first-order valence-corrected chi connectivity index (χ1v) is 10.2. The number of aliphatic hydroxyl groups is 1. The van der Waals surface area contributed by atoms with Crippen LogP contribution in [0, 0.1) is 5.82 Å². The third-order valence-electron chi connectivity index (χ3n) is 5.66. The van der Waals surface area contributed by atoms with Crippen LogP contribution in [0.5, 0.6) is 5.75 Å². The minimum absolute atomic E-state index is 0.0252. The Kier molecular flexibility index (Phi) is 5.78. The van der Waals surface area contributed by atoms with E-state index in [4.69, 9.17) is 9.47 Å². The number of rotatable bonds is 6. The summed E-state index contributed by atoms with van der Waals surface area (Å²) >= 11 is 0. The molecule has 0 saturated carbocycles. The molecule has 31 heavy (non-hydrogen) atoms. The fraction of sp³-hybridized carbons (Fsp3) is 0.333. The number of halogens is 1. The maximum Gasteiger partial charge on any atom is 0.295 e. The number of benzene rings is 2. The van der Waals surface area contributed by atoms with Crippen LogP contribution < -0.4 is 4.74 Å². The van der Waals surface area contributed by atoms with Gasteiger partial charge >= 0.3 is 0 Å². The van der Waals surface area contributed by atoms with Gasteiger partial charge in [0, 0.05) is 37.8 Å². The summed E-state index contributed by atoms with van der Waals surface area (Å²) in [5.74, 6) is -1.72. The monoisotopic (exact) mass is 425 g/mol. The number of ketones is 1. The van der Waals surface area contributed by atoms with Crippen molar-refractivity contribution in [2.75, 3.05) is 20.3 Å². The molecule has 2 heterocycles. The standard InChI is InChI=1S/C24H24FNO5/c1-14-12-16-13-15(8-9-19(16)31-14)22(27)20-21(17-6-3-4-7-18(17)25)26(10-5-11-30-2)24(29)23(20)28/h3-4,6-9,13-14,21,27H,5,10-12H2,1-2H3/b22-20+/t14-,21+/m1/s1. The second-order valence-electron chi connectivity index (χ2n) is 7.82. The fourth-order valence-electron chi connectivity index (χ4n) is 4.23. The van der Waals surface area contributed by atoms with E-state index in [1.165, 1.54) is 23.1 Å². The van der Waals surface area contributed by atoms with E-state index < -0.39 is 23.5 Å². The van der Waals surface area contributed by atoms with Crippen LogP contribution in [0.1, 0.15) is 36.1 Å². The van der Waals surface area contributed by atoms with Gasteiger partial charge in [0.1, 0.15) is 23.4 Å². The quantitative estimate of drug-likeness (QED) is 0.331. The topological polar surface area (TPSA) is 76.1 Å². The summed E-state index contributed by atoms with van der Waals surface area (Å²) < 4.78 is 25.5. The molecule has 4 rings (SSSR count). The van der Waals surface area contributed by atoms with E-state index in [9.17, 15) is 19.1 Å². The van der Waals surface area contributed by atoms with Gasteiger partial charge in [0.15, 0.2) is 0 Å². The largest absolute Gasteiger partial charge is 0.507 e. The van der Waals surface area contributed by atoms with E-state index in [1.807, 2.05) is 6.92 Å². The van der Waals surface area contributed by atoms with Gasteiger partial charge in [-0.2, -0.15) is 0 Å². The van der Waals surface area contributed by atoms with Gasteiger partial charge in [-0.15, -0.1) is 0 Å². The number of hydrogen-bond acceptors (Lipinski definition) is 5. The minimum Gasteiger partial charge on any atom is -0.507 e. The van der Waals surface area contributed by atoms with Crippen LogP contribution in [-0.4, -0.2) is 48.1 Å². The SMILES string of the molecule is COCCCN1C(=O)C(=O)/C(=C(/O)c2ccc3c(c2)C[C@@H](C)O3)[C@@H]1c1ccccc1F. The number of carbonyl (C=O) groups is 2. The van der Waals surface area contributed by atoms with Crippen molar-refractivity contribution in [2.45, 2.75) is 31.9 Å². The Balaban J connectivity index is 1.82. The van der Waals surface area contributed by atoms with Crippen molar-refractivity contribution in [3.8, 4) is 5.75 Å². The third-order valence-corrected chi connectivity index (χ3v) is 5.66. The molecular weight excluding hydrogens is 401 g/mol. The Labute approximate surface area is 179 Å². The molecule has 1 saturated heterocycles. The zero-order chi connectivity index (χ0) is 22.1. The predicted molar refractivity (Wildman–Crippen MR) is 112 cm³/mol. The molecule has 2 atom stereocenters. The molecule has 2 aromatic carbocycles. The highest BCUT2D eigenvalue weighted by Crippen LogP contribution is 2.41. The maximum absolute atomic E-state index is 14.7. The summed E-state index contributed by atoms with van der Waals surface area (Å²) in [7, 11) is 1.54. The Hall–Kier alpha value is -3.19. The molecule has 7 heteroatoms. The maximum atomic E-state index is 14.7. The van der Waals surface area contributed by atoms with E-state index in [2.05, 4.69) is 0 Å². The average molecular weight is 425 g/mol. The zero-order valence-electron chi connectivity index (χ0n) is 17.4. The van der Waals surface area contributed by atoms with Crippen molar-refractivity contribution in [1.82, 2.24) is 4.90 Å². The Morgan fingerprint density at radius 2 is 2.03 bits per heavy atom. The first kappa shape index (κ1) is 21.1. The number of carbonyl (C=O) groups excluding carboxylic acids is 2. The van der Waals surface area contributed by atoms with Gasteiger partial charge in [-0.3, -0.25) is 9.59 Å². The number of methoxy groups -OCH3 is 1. The number of Topliss-reactive ketones (excluding diaryl/α,β-unsaturated/α-hetero) is 1. The van der Waals surface area contributed by atoms with Gasteiger partial charge in [0.25, 0.3) is 11.7 Å². The van der Waals surface area contributed by atoms with Gasteiger partial charge in [0.2, 0.25) is 0 Å². The van der Waals surface area contributed by atoms with Crippen molar-refractivity contribution in [1.29, 1.82) is 0 Å². The summed E-state index contributed by atoms with van der Waals surface area (Å²) in [5.41, 5.74) is 1.36. The van der Waals surface area contributed by atoms with Crippen molar-refractivity contribution in [3.63, 3.8) is 0 Å². The number of aliphatic hydroxyl groups excluding tert-OH is 1. The number of ether oxygens (including phenoxy) is 2. The average Bonchev–Trinajstić information content (AvgIpc) is 3.24. The lowest BCUT2D eigenvalue weighted by Gasteiger charge is -2.25. The van der Waals surface area contributed by atoms with Gasteiger partial charge < -0.3 is 19.5 Å². The second-order valence-corrected chi connectivity index (χ2v) is 7.82. The first-order valence-electron chi connectivity index (χ1n) is 10.2. The molecule has 6 nitrogen and oxygen atoms in total. The Morgan fingerprint density at radius 1 is 1.26 bits per heavy atom.